The van der Waals surface area contributed by atoms with Crippen LogP contribution in [-0.2, 0) is 21.2 Å². The van der Waals surface area contributed by atoms with E-state index in [2.05, 4.69) is 5.32 Å². The molecule has 0 saturated carbocycles. The van der Waals surface area contributed by atoms with Crippen molar-refractivity contribution in [2.45, 2.75) is 23.8 Å². The minimum absolute atomic E-state index is 0.0498. The number of nitrogens with zero attached hydrogens (tertiary/aromatic N) is 1. The molecule has 1 N–H and O–H groups in total. The molecule has 104 valence electrons. The van der Waals surface area contributed by atoms with Crippen molar-refractivity contribution in [1.29, 1.82) is 0 Å². The Morgan fingerprint density at radius 2 is 2.26 bits per heavy atom. The largest absolute Gasteiger partial charge is 0.384 e. The molecule has 5 nitrogen and oxygen atoms in total. The highest BCUT2D eigenvalue weighted by Crippen LogP contribution is 2.28. The van der Waals surface area contributed by atoms with E-state index in [0.717, 1.165) is 25.1 Å². The van der Waals surface area contributed by atoms with E-state index < -0.39 is 10.0 Å². The van der Waals surface area contributed by atoms with Crippen molar-refractivity contribution in [2.24, 2.45) is 0 Å². The van der Waals surface area contributed by atoms with Crippen LogP contribution in [0.4, 0.5) is 5.69 Å². The molecule has 2 aliphatic rings. The number of anilines is 1. The smallest absolute Gasteiger partial charge is 0.243 e. The highest BCUT2D eigenvalue weighted by Gasteiger charge is 2.31. The second kappa shape index (κ2) is 4.77. The number of hydrogen-bond acceptors (Lipinski definition) is 4. The van der Waals surface area contributed by atoms with Gasteiger partial charge in [-0.3, -0.25) is 0 Å². The summed E-state index contributed by atoms with van der Waals surface area (Å²) in [5, 5.41) is 3.21. The minimum atomic E-state index is -3.43. The highest BCUT2D eigenvalue weighted by atomic mass is 32.2. The van der Waals surface area contributed by atoms with E-state index in [9.17, 15) is 8.42 Å². The number of fused-ring (bicyclic) bond motifs is 1. The average Bonchev–Trinajstić information content (AvgIpc) is 3.07. The van der Waals surface area contributed by atoms with Crippen LogP contribution in [0, 0.1) is 0 Å². The lowest BCUT2D eigenvalue weighted by Gasteiger charge is -2.22. The Kier molecular flexibility index (Phi) is 3.24. The molecule has 0 radical (unpaired) electrons. The molecule has 1 atom stereocenters. The number of sulfonamides is 1. The van der Waals surface area contributed by atoms with Crippen LogP contribution >= 0.6 is 0 Å². The van der Waals surface area contributed by atoms with Gasteiger partial charge in [-0.15, -0.1) is 0 Å². The number of hydrogen-bond donors (Lipinski definition) is 1. The Balaban J connectivity index is 1.91. The van der Waals surface area contributed by atoms with Crippen LogP contribution in [0.1, 0.15) is 12.0 Å². The van der Waals surface area contributed by atoms with Gasteiger partial charge in [0, 0.05) is 25.9 Å². The monoisotopic (exact) mass is 282 g/mol. The zero-order valence-electron chi connectivity index (χ0n) is 10.9. The summed E-state index contributed by atoms with van der Waals surface area (Å²) in [6.45, 7) is 2.00. The average molecular weight is 282 g/mol. The summed E-state index contributed by atoms with van der Waals surface area (Å²) in [6, 6.07) is 5.30. The highest BCUT2D eigenvalue weighted by molar-refractivity contribution is 7.89. The fourth-order valence-electron chi connectivity index (χ4n) is 2.60. The van der Waals surface area contributed by atoms with Crippen molar-refractivity contribution in [3.8, 4) is 0 Å². The number of benzene rings is 1. The molecule has 1 aromatic rings. The SMILES string of the molecule is CN(C1CCOC1)S(=O)(=O)c1ccc2c(c1)NCC2. The van der Waals surface area contributed by atoms with Crippen LogP contribution in [-0.4, -0.2) is 45.6 Å². The lowest BCUT2D eigenvalue weighted by atomic mass is 10.2. The van der Waals surface area contributed by atoms with Crippen molar-refractivity contribution in [3.05, 3.63) is 23.8 Å². The van der Waals surface area contributed by atoms with Crippen molar-refractivity contribution >= 4 is 15.7 Å². The van der Waals surface area contributed by atoms with Gasteiger partial charge in [0.2, 0.25) is 10.0 Å². The summed E-state index contributed by atoms with van der Waals surface area (Å²) in [5.41, 5.74) is 2.13. The second-order valence-electron chi connectivity index (χ2n) is 5.03. The lowest BCUT2D eigenvalue weighted by Crippen LogP contribution is -2.37. The van der Waals surface area contributed by atoms with Crippen molar-refractivity contribution in [3.63, 3.8) is 0 Å². The molecular weight excluding hydrogens is 264 g/mol. The van der Waals surface area contributed by atoms with Crippen LogP contribution in [0.15, 0.2) is 23.1 Å². The van der Waals surface area contributed by atoms with E-state index in [1.54, 1.807) is 19.2 Å². The molecule has 2 heterocycles. The molecule has 6 heteroatoms. The summed E-state index contributed by atoms with van der Waals surface area (Å²) in [4.78, 5) is 0.357. The Labute approximate surface area is 113 Å². The molecule has 0 aliphatic carbocycles. The summed E-state index contributed by atoms with van der Waals surface area (Å²) in [5.74, 6) is 0. The van der Waals surface area contributed by atoms with Gasteiger partial charge in [-0.1, -0.05) is 6.07 Å². The van der Waals surface area contributed by atoms with E-state index in [-0.39, 0.29) is 6.04 Å². The molecular formula is C13H18N2O3S. The summed E-state index contributed by atoms with van der Waals surface area (Å²) in [7, 11) is -1.80. The van der Waals surface area contributed by atoms with Gasteiger partial charge in [0.25, 0.3) is 0 Å². The Hall–Kier alpha value is -1.11. The molecule has 0 spiro atoms. The van der Waals surface area contributed by atoms with Crippen LogP contribution < -0.4 is 5.32 Å². The number of nitrogens with one attached hydrogen (secondary N) is 1. The van der Waals surface area contributed by atoms with Gasteiger partial charge in [0.15, 0.2) is 0 Å². The lowest BCUT2D eigenvalue weighted by molar-refractivity contribution is 0.181. The molecule has 1 saturated heterocycles. The maximum Gasteiger partial charge on any atom is 0.243 e. The molecule has 1 fully saturated rings. The van der Waals surface area contributed by atoms with Gasteiger partial charge in [0.05, 0.1) is 17.5 Å². The topological polar surface area (TPSA) is 58.6 Å². The Morgan fingerprint density at radius 1 is 1.42 bits per heavy atom. The second-order valence-corrected chi connectivity index (χ2v) is 7.03. The molecule has 3 rings (SSSR count). The Morgan fingerprint density at radius 3 is 3.00 bits per heavy atom. The third kappa shape index (κ3) is 2.24. The van der Waals surface area contributed by atoms with E-state index in [1.807, 2.05) is 6.07 Å². The van der Waals surface area contributed by atoms with Crippen molar-refractivity contribution in [1.82, 2.24) is 4.31 Å². The van der Waals surface area contributed by atoms with Crippen LogP contribution in [0.2, 0.25) is 0 Å². The van der Waals surface area contributed by atoms with Crippen LogP contribution in [0.3, 0.4) is 0 Å². The van der Waals surface area contributed by atoms with Gasteiger partial charge in [-0.2, -0.15) is 4.31 Å². The third-order valence-electron chi connectivity index (χ3n) is 3.89. The number of ether oxygens (including phenoxy) is 1. The van der Waals surface area contributed by atoms with Crippen molar-refractivity contribution < 1.29 is 13.2 Å². The first-order valence-corrected chi connectivity index (χ1v) is 7.95. The van der Waals surface area contributed by atoms with Crippen molar-refractivity contribution in [2.75, 3.05) is 32.1 Å². The van der Waals surface area contributed by atoms with Gasteiger partial charge in [-0.05, 0) is 30.5 Å². The van der Waals surface area contributed by atoms with E-state index in [0.29, 0.717) is 18.1 Å². The number of likely N-dealkylation sites (N-methyl/N-ethyl adjacent to an activating group) is 1. The quantitative estimate of drug-likeness (QED) is 0.901. The van der Waals surface area contributed by atoms with Gasteiger partial charge in [-0.25, -0.2) is 8.42 Å². The first-order chi connectivity index (χ1) is 9.09. The molecule has 0 bridgehead atoms. The first-order valence-electron chi connectivity index (χ1n) is 6.51. The standard InChI is InChI=1S/C13H18N2O3S/c1-15(11-5-7-18-9-11)19(16,17)12-3-2-10-4-6-14-13(10)8-12/h2-3,8,11,14H,4-7,9H2,1H3. The maximum atomic E-state index is 12.6. The normalized spacial score (nSPS) is 22.5. The fraction of sp³-hybridized carbons (Fsp3) is 0.538. The molecule has 1 aromatic carbocycles. The Bertz CT molecular complexity index is 580. The van der Waals surface area contributed by atoms with Gasteiger partial charge >= 0.3 is 0 Å². The number of rotatable bonds is 3. The molecule has 19 heavy (non-hydrogen) atoms. The van der Waals surface area contributed by atoms with Gasteiger partial charge < -0.3 is 10.1 Å². The van der Waals surface area contributed by atoms with E-state index in [4.69, 9.17) is 4.74 Å². The predicted octanol–water partition coefficient (Wildman–Crippen LogP) is 1.06. The van der Waals surface area contributed by atoms with Crippen LogP contribution in [0.5, 0.6) is 0 Å². The zero-order valence-corrected chi connectivity index (χ0v) is 11.7. The third-order valence-corrected chi connectivity index (χ3v) is 5.79. The predicted molar refractivity (Wildman–Crippen MR) is 72.8 cm³/mol. The summed E-state index contributed by atoms with van der Waals surface area (Å²) in [6.07, 6.45) is 1.72. The maximum absolute atomic E-state index is 12.6. The molecule has 0 aromatic heterocycles. The fourth-order valence-corrected chi connectivity index (χ4v) is 4.00. The zero-order chi connectivity index (χ0) is 13.5. The molecule has 2 aliphatic heterocycles. The summed E-state index contributed by atoms with van der Waals surface area (Å²) >= 11 is 0. The molecule has 1 unspecified atom stereocenters. The van der Waals surface area contributed by atoms with E-state index >= 15 is 0 Å². The van der Waals surface area contributed by atoms with Crippen LogP contribution in [0.25, 0.3) is 0 Å². The minimum Gasteiger partial charge on any atom is -0.384 e. The van der Waals surface area contributed by atoms with Gasteiger partial charge in [0.1, 0.15) is 0 Å². The van der Waals surface area contributed by atoms with E-state index in [1.165, 1.54) is 9.87 Å². The molecule has 0 amide bonds. The first kappa shape index (κ1) is 12.9. The summed E-state index contributed by atoms with van der Waals surface area (Å²) < 4.78 is 31.8.